The first-order chi connectivity index (χ1) is 15.6. The zero-order valence-corrected chi connectivity index (χ0v) is 17.8. The smallest absolute Gasteiger partial charge is 0.251 e. The van der Waals surface area contributed by atoms with Crippen molar-refractivity contribution in [3.63, 3.8) is 0 Å². The Bertz CT molecular complexity index is 1270. The Morgan fingerprint density at radius 2 is 2.12 bits per heavy atom. The number of allylic oxidation sites excluding steroid dienone is 1. The van der Waals surface area contributed by atoms with E-state index in [0.29, 0.717) is 35.3 Å². The van der Waals surface area contributed by atoms with E-state index in [1.165, 1.54) is 12.8 Å². The first kappa shape index (κ1) is 19.1. The first-order valence-electron chi connectivity index (χ1n) is 11.2. The molecule has 162 valence electrons. The number of hydrogen-bond acceptors (Lipinski definition) is 5. The molecule has 2 saturated carbocycles. The molecule has 3 fully saturated rings. The number of hydrogen-bond donors (Lipinski definition) is 2. The maximum atomic E-state index is 12.2. The Hall–Kier alpha value is -3.61. The van der Waals surface area contributed by atoms with Gasteiger partial charge < -0.3 is 15.4 Å². The fourth-order valence-corrected chi connectivity index (χ4v) is 3.91. The van der Waals surface area contributed by atoms with Crippen molar-refractivity contribution in [3.8, 4) is 17.0 Å². The number of anilines is 1. The molecule has 3 aromatic rings. The standard InChI is InChI=1S/C25H25N5O2/c1-15-9-18(25(31)27-15)10-19-13-26-30-23(28-20-7-8-20)12-22(29-24(19)30)17-3-2-4-21(11-17)32-14-16-5-6-16/h2-4,10-13,16,20,28H,1,5-9,14H2,(H,27,31)/b18-10+. The average molecular weight is 428 g/mol. The zero-order valence-electron chi connectivity index (χ0n) is 17.8. The highest BCUT2D eigenvalue weighted by Crippen LogP contribution is 2.32. The van der Waals surface area contributed by atoms with E-state index in [4.69, 9.17) is 9.72 Å². The summed E-state index contributed by atoms with van der Waals surface area (Å²) in [7, 11) is 0. The third-order valence-electron chi connectivity index (χ3n) is 6.06. The number of aromatic nitrogens is 3. The number of rotatable bonds is 7. The second-order valence-electron chi connectivity index (χ2n) is 8.97. The van der Waals surface area contributed by atoms with E-state index in [1.54, 1.807) is 6.20 Å². The minimum atomic E-state index is -0.109. The SMILES string of the molecule is C=C1C/C(=C\c2cnn3c(NC4CC4)cc(-c4cccc(OCC5CC5)c4)nc23)C(=O)N1. The third-order valence-corrected chi connectivity index (χ3v) is 6.06. The van der Waals surface area contributed by atoms with Gasteiger partial charge in [-0.3, -0.25) is 4.79 Å². The maximum absolute atomic E-state index is 12.2. The number of carbonyl (C=O) groups excluding carboxylic acids is 1. The van der Waals surface area contributed by atoms with Crippen molar-refractivity contribution in [3.05, 3.63) is 59.9 Å². The number of ether oxygens (including phenoxy) is 1. The van der Waals surface area contributed by atoms with Gasteiger partial charge in [-0.25, -0.2) is 4.98 Å². The third kappa shape index (κ3) is 3.86. The molecule has 0 bridgehead atoms. The normalized spacial score (nSPS) is 19.6. The second-order valence-corrected chi connectivity index (χ2v) is 8.97. The number of benzene rings is 1. The lowest BCUT2D eigenvalue weighted by Crippen LogP contribution is -2.12. The Balaban J connectivity index is 1.41. The predicted octanol–water partition coefficient (Wildman–Crippen LogP) is 4.18. The molecule has 7 nitrogen and oxygen atoms in total. The molecule has 0 spiro atoms. The molecule has 1 amide bonds. The van der Waals surface area contributed by atoms with Crippen LogP contribution in [0.15, 0.2) is 54.4 Å². The van der Waals surface area contributed by atoms with Gasteiger partial charge in [0.15, 0.2) is 5.65 Å². The predicted molar refractivity (Wildman–Crippen MR) is 123 cm³/mol. The molecule has 1 saturated heterocycles. The van der Waals surface area contributed by atoms with Gasteiger partial charge in [0.2, 0.25) is 0 Å². The molecule has 6 rings (SSSR count). The molecule has 1 aromatic carbocycles. The summed E-state index contributed by atoms with van der Waals surface area (Å²) >= 11 is 0. The van der Waals surface area contributed by atoms with Gasteiger partial charge in [-0.1, -0.05) is 18.7 Å². The highest BCUT2D eigenvalue weighted by Gasteiger charge is 2.25. The fraction of sp³-hybridized carbons (Fsp3) is 0.320. The summed E-state index contributed by atoms with van der Waals surface area (Å²) in [4.78, 5) is 17.1. The van der Waals surface area contributed by atoms with Gasteiger partial charge in [-0.2, -0.15) is 9.61 Å². The van der Waals surface area contributed by atoms with E-state index < -0.39 is 0 Å². The van der Waals surface area contributed by atoms with Crippen LogP contribution < -0.4 is 15.4 Å². The van der Waals surface area contributed by atoms with Gasteiger partial charge in [-0.15, -0.1) is 0 Å². The summed E-state index contributed by atoms with van der Waals surface area (Å²) in [5, 5.41) is 10.9. The van der Waals surface area contributed by atoms with Crippen LogP contribution in [-0.4, -0.2) is 33.2 Å². The molecular formula is C25H25N5O2. The average Bonchev–Trinajstić information content (AvgIpc) is 3.71. The van der Waals surface area contributed by atoms with Crippen molar-refractivity contribution >= 4 is 23.4 Å². The minimum absolute atomic E-state index is 0.109. The summed E-state index contributed by atoms with van der Waals surface area (Å²) in [5.74, 6) is 2.36. The number of nitrogens with zero attached hydrogens (tertiary/aromatic N) is 3. The summed E-state index contributed by atoms with van der Waals surface area (Å²) in [6, 6.07) is 10.6. The first-order valence-corrected chi connectivity index (χ1v) is 11.2. The summed E-state index contributed by atoms with van der Waals surface area (Å²) in [6.07, 6.45) is 8.99. The highest BCUT2D eigenvalue weighted by molar-refractivity contribution is 6.02. The monoisotopic (exact) mass is 427 g/mol. The molecule has 3 aliphatic rings. The van der Waals surface area contributed by atoms with Crippen LogP contribution in [0.1, 0.15) is 37.7 Å². The van der Waals surface area contributed by atoms with Crippen molar-refractivity contribution < 1.29 is 9.53 Å². The van der Waals surface area contributed by atoms with Crippen molar-refractivity contribution in [2.24, 2.45) is 5.92 Å². The van der Waals surface area contributed by atoms with E-state index in [0.717, 1.165) is 47.8 Å². The molecule has 7 heteroatoms. The minimum Gasteiger partial charge on any atom is -0.493 e. The molecule has 0 atom stereocenters. The van der Waals surface area contributed by atoms with Crippen molar-refractivity contribution in [1.29, 1.82) is 0 Å². The van der Waals surface area contributed by atoms with Crippen LogP contribution in [-0.2, 0) is 4.79 Å². The topological polar surface area (TPSA) is 80.6 Å². The Morgan fingerprint density at radius 1 is 1.25 bits per heavy atom. The lowest BCUT2D eigenvalue weighted by atomic mass is 10.1. The van der Waals surface area contributed by atoms with Gasteiger partial charge in [0.1, 0.15) is 11.6 Å². The maximum Gasteiger partial charge on any atom is 0.251 e. The Kier molecular flexibility index (Phi) is 4.48. The Morgan fingerprint density at radius 3 is 2.88 bits per heavy atom. The largest absolute Gasteiger partial charge is 0.493 e. The molecule has 0 radical (unpaired) electrons. The quantitative estimate of drug-likeness (QED) is 0.553. The number of carbonyl (C=O) groups is 1. The van der Waals surface area contributed by atoms with E-state index in [2.05, 4.69) is 22.3 Å². The van der Waals surface area contributed by atoms with Gasteiger partial charge in [0.25, 0.3) is 5.91 Å². The van der Waals surface area contributed by atoms with Crippen LogP contribution in [0.4, 0.5) is 5.82 Å². The summed E-state index contributed by atoms with van der Waals surface area (Å²) in [6.45, 7) is 4.64. The summed E-state index contributed by atoms with van der Waals surface area (Å²) in [5.41, 5.74) is 4.75. The van der Waals surface area contributed by atoms with Crippen molar-refractivity contribution in [1.82, 2.24) is 19.9 Å². The van der Waals surface area contributed by atoms with Crippen LogP contribution in [0.2, 0.25) is 0 Å². The van der Waals surface area contributed by atoms with Gasteiger partial charge >= 0.3 is 0 Å². The molecule has 1 aliphatic heterocycles. The molecule has 2 aromatic heterocycles. The lowest BCUT2D eigenvalue weighted by Gasteiger charge is -2.11. The van der Waals surface area contributed by atoms with Crippen LogP contribution in [0, 0.1) is 5.92 Å². The summed E-state index contributed by atoms with van der Waals surface area (Å²) < 4.78 is 7.80. The molecular weight excluding hydrogens is 402 g/mol. The molecule has 2 aliphatic carbocycles. The number of fused-ring (bicyclic) bond motifs is 1. The van der Waals surface area contributed by atoms with Crippen LogP contribution in [0.5, 0.6) is 5.75 Å². The van der Waals surface area contributed by atoms with Gasteiger partial charge in [0, 0.05) is 40.9 Å². The van der Waals surface area contributed by atoms with Crippen molar-refractivity contribution in [2.75, 3.05) is 11.9 Å². The van der Waals surface area contributed by atoms with E-state index in [9.17, 15) is 4.79 Å². The highest BCUT2D eigenvalue weighted by atomic mass is 16.5. The number of nitrogens with one attached hydrogen (secondary N) is 2. The van der Waals surface area contributed by atoms with Crippen molar-refractivity contribution in [2.45, 2.75) is 38.1 Å². The van der Waals surface area contributed by atoms with E-state index in [1.807, 2.05) is 40.9 Å². The molecule has 32 heavy (non-hydrogen) atoms. The zero-order chi connectivity index (χ0) is 21.7. The Labute approximate surface area is 186 Å². The lowest BCUT2D eigenvalue weighted by molar-refractivity contribution is -0.115. The fourth-order valence-electron chi connectivity index (χ4n) is 3.91. The van der Waals surface area contributed by atoms with E-state index >= 15 is 0 Å². The van der Waals surface area contributed by atoms with Gasteiger partial charge in [0.05, 0.1) is 18.5 Å². The second kappa shape index (κ2) is 7.51. The molecule has 2 N–H and O–H groups in total. The van der Waals surface area contributed by atoms with Crippen LogP contribution >= 0.6 is 0 Å². The number of amides is 1. The van der Waals surface area contributed by atoms with E-state index in [-0.39, 0.29) is 5.91 Å². The molecule has 3 heterocycles. The van der Waals surface area contributed by atoms with Crippen LogP contribution in [0.3, 0.4) is 0 Å². The van der Waals surface area contributed by atoms with Crippen LogP contribution in [0.25, 0.3) is 23.0 Å². The van der Waals surface area contributed by atoms with Gasteiger partial charge in [-0.05, 0) is 49.8 Å². The molecule has 0 unspecified atom stereocenters.